The van der Waals surface area contributed by atoms with E-state index in [2.05, 4.69) is 32.4 Å². The smallest absolute Gasteiger partial charge is 0.293 e. The number of aromatic nitrogens is 5. The number of thiazole rings is 1. The molecule has 0 radical (unpaired) electrons. The van der Waals surface area contributed by atoms with Crippen LogP contribution in [0.4, 0.5) is 5.13 Å². The Morgan fingerprint density at radius 2 is 2.35 bits per heavy atom. The van der Waals surface area contributed by atoms with E-state index in [0.717, 1.165) is 17.2 Å². The first-order valence-corrected chi connectivity index (χ1v) is 7.20. The zero-order chi connectivity index (χ0) is 14.1. The first kappa shape index (κ1) is 12.8. The van der Waals surface area contributed by atoms with Crippen LogP contribution in [0.2, 0.25) is 0 Å². The summed E-state index contributed by atoms with van der Waals surface area (Å²) in [5.74, 6) is 0.680. The van der Waals surface area contributed by atoms with Crippen LogP contribution in [0.25, 0.3) is 5.65 Å². The van der Waals surface area contributed by atoms with E-state index < -0.39 is 0 Å². The average molecular weight is 290 g/mol. The zero-order valence-electron chi connectivity index (χ0n) is 11.1. The van der Waals surface area contributed by atoms with Gasteiger partial charge < -0.3 is 10.3 Å². The Hall–Kier alpha value is -2.22. The fourth-order valence-corrected chi connectivity index (χ4v) is 2.82. The largest absolute Gasteiger partial charge is 0.352 e. The van der Waals surface area contributed by atoms with Crippen molar-refractivity contribution in [2.24, 2.45) is 0 Å². The summed E-state index contributed by atoms with van der Waals surface area (Å²) in [5.41, 5.74) is 1.11. The zero-order valence-corrected chi connectivity index (χ0v) is 11.9. The molecule has 3 heterocycles. The molecule has 0 amide bonds. The molecule has 0 saturated carbocycles. The topological polar surface area (TPSA) is 88.0 Å². The van der Waals surface area contributed by atoms with Gasteiger partial charge in [0.05, 0.1) is 11.7 Å². The summed E-state index contributed by atoms with van der Waals surface area (Å²) in [6, 6.07) is -0.0948. The standard InChI is InChI=1S/C12H14N6OS/c1-3-8-6-20-12(15-8)14-7(2)9-16-17-10-11(19)13-4-5-18(9)10/h4-7H,3H2,1-2H3,(H,13,19)(H,14,15). The lowest BCUT2D eigenvalue weighted by Gasteiger charge is -2.10. The molecule has 20 heavy (non-hydrogen) atoms. The number of aryl methyl sites for hydroxylation is 1. The van der Waals surface area contributed by atoms with Crippen molar-refractivity contribution in [3.05, 3.63) is 39.6 Å². The van der Waals surface area contributed by atoms with Crippen LogP contribution in [0, 0.1) is 0 Å². The fraction of sp³-hybridized carbons (Fsp3) is 0.333. The fourth-order valence-electron chi connectivity index (χ4n) is 1.94. The monoisotopic (exact) mass is 290 g/mol. The van der Waals surface area contributed by atoms with Gasteiger partial charge in [-0.3, -0.25) is 9.20 Å². The third-order valence-corrected chi connectivity index (χ3v) is 3.83. The molecule has 0 bridgehead atoms. The molecule has 3 aromatic rings. The predicted molar refractivity (Wildman–Crippen MR) is 77.1 cm³/mol. The highest BCUT2D eigenvalue weighted by Gasteiger charge is 2.15. The molecular weight excluding hydrogens is 276 g/mol. The number of nitrogens with one attached hydrogen (secondary N) is 2. The summed E-state index contributed by atoms with van der Waals surface area (Å²) in [6.07, 6.45) is 4.23. The Balaban J connectivity index is 1.90. The van der Waals surface area contributed by atoms with Crippen molar-refractivity contribution in [1.29, 1.82) is 0 Å². The molecular formula is C12H14N6OS. The van der Waals surface area contributed by atoms with Gasteiger partial charge in [0.15, 0.2) is 11.0 Å². The van der Waals surface area contributed by atoms with Crippen LogP contribution in [0.5, 0.6) is 0 Å². The Kier molecular flexibility index (Phi) is 3.23. The lowest BCUT2D eigenvalue weighted by molar-refractivity contribution is 0.769. The molecule has 7 nitrogen and oxygen atoms in total. The number of hydrogen-bond acceptors (Lipinski definition) is 6. The highest BCUT2D eigenvalue weighted by molar-refractivity contribution is 7.13. The number of aromatic amines is 1. The Bertz CT molecular complexity index is 788. The lowest BCUT2D eigenvalue weighted by atomic mass is 10.3. The quantitative estimate of drug-likeness (QED) is 0.762. The normalized spacial score (nSPS) is 12.7. The number of rotatable bonds is 4. The summed E-state index contributed by atoms with van der Waals surface area (Å²) in [4.78, 5) is 18.6. The number of H-pyrrole nitrogens is 1. The second-order valence-electron chi connectivity index (χ2n) is 4.40. The summed E-state index contributed by atoms with van der Waals surface area (Å²) in [6.45, 7) is 4.03. The molecule has 0 aromatic carbocycles. The Morgan fingerprint density at radius 1 is 1.50 bits per heavy atom. The van der Waals surface area contributed by atoms with E-state index in [1.165, 1.54) is 0 Å². The van der Waals surface area contributed by atoms with Gasteiger partial charge in [0, 0.05) is 17.8 Å². The van der Waals surface area contributed by atoms with Gasteiger partial charge in [0.2, 0.25) is 5.65 Å². The van der Waals surface area contributed by atoms with Crippen LogP contribution in [-0.2, 0) is 6.42 Å². The maximum atomic E-state index is 11.6. The second-order valence-corrected chi connectivity index (χ2v) is 5.26. The molecule has 0 saturated heterocycles. The van der Waals surface area contributed by atoms with Gasteiger partial charge in [-0.25, -0.2) is 4.98 Å². The van der Waals surface area contributed by atoms with Gasteiger partial charge in [0.25, 0.3) is 5.56 Å². The van der Waals surface area contributed by atoms with Gasteiger partial charge in [-0.2, -0.15) is 0 Å². The van der Waals surface area contributed by atoms with E-state index in [-0.39, 0.29) is 11.6 Å². The van der Waals surface area contributed by atoms with Crippen molar-refractivity contribution in [3.8, 4) is 0 Å². The van der Waals surface area contributed by atoms with Crippen LogP contribution < -0.4 is 10.9 Å². The van der Waals surface area contributed by atoms with Gasteiger partial charge in [-0.1, -0.05) is 6.92 Å². The minimum absolute atomic E-state index is 0.0948. The number of fused-ring (bicyclic) bond motifs is 1. The molecule has 2 N–H and O–H groups in total. The number of anilines is 1. The van der Waals surface area contributed by atoms with Gasteiger partial charge in [-0.05, 0) is 13.3 Å². The number of nitrogens with zero attached hydrogens (tertiary/aromatic N) is 4. The van der Waals surface area contributed by atoms with Gasteiger partial charge >= 0.3 is 0 Å². The van der Waals surface area contributed by atoms with Crippen LogP contribution in [0.15, 0.2) is 22.6 Å². The molecule has 3 aromatic heterocycles. The molecule has 0 aliphatic carbocycles. The second kappa shape index (κ2) is 5.04. The lowest BCUT2D eigenvalue weighted by Crippen LogP contribution is -2.13. The van der Waals surface area contributed by atoms with Crippen molar-refractivity contribution in [2.45, 2.75) is 26.3 Å². The minimum atomic E-state index is -0.249. The minimum Gasteiger partial charge on any atom is -0.352 e. The highest BCUT2D eigenvalue weighted by atomic mass is 32.1. The maximum absolute atomic E-state index is 11.6. The molecule has 3 rings (SSSR count). The van der Waals surface area contributed by atoms with E-state index >= 15 is 0 Å². The maximum Gasteiger partial charge on any atom is 0.293 e. The predicted octanol–water partition coefficient (Wildman–Crippen LogP) is 1.61. The molecule has 0 spiro atoms. The van der Waals surface area contributed by atoms with Crippen LogP contribution in [0.3, 0.4) is 0 Å². The van der Waals surface area contributed by atoms with E-state index in [1.54, 1.807) is 28.1 Å². The summed E-state index contributed by atoms with van der Waals surface area (Å²) >= 11 is 1.56. The van der Waals surface area contributed by atoms with Crippen molar-refractivity contribution in [2.75, 3.05) is 5.32 Å². The first-order valence-electron chi connectivity index (χ1n) is 6.32. The Morgan fingerprint density at radius 3 is 3.10 bits per heavy atom. The van der Waals surface area contributed by atoms with Gasteiger partial charge in [0.1, 0.15) is 0 Å². The Labute approximate surface area is 118 Å². The number of hydrogen-bond donors (Lipinski definition) is 2. The van der Waals surface area contributed by atoms with E-state index in [1.807, 2.05) is 12.3 Å². The van der Waals surface area contributed by atoms with Crippen molar-refractivity contribution in [1.82, 2.24) is 24.6 Å². The summed E-state index contributed by atoms with van der Waals surface area (Å²) in [5, 5.41) is 14.2. The van der Waals surface area contributed by atoms with E-state index in [0.29, 0.717) is 11.5 Å². The molecule has 1 atom stereocenters. The third-order valence-electron chi connectivity index (χ3n) is 3.00. The first-order chi connectivity index (χ1) is 9.69. The van der Waals surface area contributed by atoms with Crippen LogP contribution >= 0.6 is 11.3 Å². The van der Waals surface area contributed by atoms with Crippen molar-refractivity contribution < 1.29 is 0 Å². The molecule has 104 valence electrons. The van der Waals surface area contributed by atoms with Crippen molar-refractivity contribution >= 4 is 22.1 Å². The third kappa shape index (κ3) is 2.18. The molecule has 0 aliphatic heterocycles. The molecule has 8 heteroatoms. The highest BCUT2D eigenvalue weighted by Crippen LogP contribution is 2.21. The van der Waals surface area contributed by atoms with Gasteiger partial charge in [-0.15, -0.1) is 21.5 Å². The van der Waals surface area contributed by atoms with Crippen molar-refractivity contribution in [3.63, 3.8) is 0 Å². The van der Waals surface area contributed by atoms with E-state index in [9.17, 15) is 4.79 Å². The SMILES string of the molecule is CCc1csc(NC(C)c2nnc3c(=O)[nH]ccn23)n1. The molecule has 0 aliphatic rings. The molecule has 1 unspecified atom stereocenters. The summed E-state index contributed by atoms with van der Waals surface area (Å²) < 4.78 is 1.69. The van der Waals surface area contributed by atoms with Crippen LogP contribution in [0.1, 0.15) is 31.4 Å². The summed E-state index contributed by atoms with van der Waals surface area (Å²) in [7, 11) is 0. The average Bonchev–Trinajstić information content (AvgIpc) is 3.05. The van der Waals surface area contributed by atoms with E-state index in [4.69, 9.17) is 0 Å². The van der Waals surface area contributed by atoms with Crippen LogP contribution in [-0.4, -0.2) is 24.6 Å². The molecule has 0 fully saturated rings.